The first-order valence-corrected chi connectivity index (χ1v) is 14.3. The number of Topliss-reactive ketones (excluding diaryl/α,β-unsaturated/α-hetero) is 1. The van der Waals surface area contributed by atoms with Gasteiger partial charge >= 0.3 is 0 Å². The maximum absolute atomic E-state index is 14.5. The Morgan fingerprint density at radius 1 is 0.914 bits per heavy atom. The summed E-state index contributed by atoms with van der Waals surface area (Å²) in [5.41, 5.74) is -2.34. The monoisotopic (exact) mass is 488 g/mol. The number of hydrogen-bond donors (Lipinski definition) is 3. The van der Waals surface area contributed by atoms with Crippen LogP contribution in [-0.4, -0.2) is 50.6 Å². The molecule has 5 aliphatic carbocycles. The van der Waals surface area contributed by atoms with Crippen molar-refractivity contribution in [2.45, 2.75) is 136 Å². The summed E-state index contributed by atoms with van der Waals surface area (Å²) in [5.74, 6) is 0.973. The summed E-state index contributed by atoms with van der Waals surface area (Å²) in [6, 6.07) is 0. The molecule has 6 aliphatic rings. The molecule has 3 N–H and O–H groups in total. The maximum atomic E-state index is 14.5. The predicted molar refractivity (Wildman–Crippen MR) is 133 cm³/mol. The Hall–Kier alpha value is -0.490. The first-order chi connectivity index (χ1) is 16.0. The third-order valence-electron chi connectivity index (χ3n) is 13.6. The Morgan fingerprint density at radius 3 is 2.20 bits per heavy atom. The van der Waals surface area contributed by atoms with Gasteiger partial charge < -0.3 is 20.1 Å². The number of carbonyl (C=O) groups excluding carboxylic acids is 1. The fraction of sp³-hybridized carbons (Fsp3) is 0.967. The number of ether oxygens (including phenoxy) is 1. The first-order valence-electron chi connectivity index (χ1n) is 14.3. The van der Waals surface area contributed by atoms with Crippen LogP contribution in [0.15, 0.2) is 0 Å². The molecule has 5 saturated carbocycles. The smallest absolute Gasteiger partial charge is 0.140 e. The van der Waals surface area contributed by atoms with Crippen molar-refractivity contribution in [2.75, 3.05) is 0 Å². The number of aliphatic hydroxyl groups excluding tert-OH is 2. The molecule has 0 aromatic heterocycles. The zero-order valence-corrected chi connectivity index (χ0v) is 23.0. The van der Waals surface area contributed by atoms with E-state index in [1.165, 1.54) is 0 Å². The molecule has 1 saturated heterocycles. The van der Waals surface area contributed by atoms with Crippen LogP contribution in [0, 0.1) is 44.8 Å². The number of fused-ring (bicyclic) bond motifs is 2. The van der Waals surface area contributed by atoms with Crippen molar-refractivity contribution in [2.24, 2.45) is 44.8 Å². The van der Waals surface area contributed by atoms with E-state index < -0.39 is 22.7 Å². The number of rotatable bonds is 2. The second-order valence-corrected chi connectivity index (χ2v) is 15.6. The molecule has 6 rings (SSSR count). The summed E-state index contributed by atoms with van der Waals surface area (Å²) >= 11 is 0. The highest BCUT2D eigenvalue weighted by Gasteiger charge is 2.85. The van der Waals surface area contributed by atoms with Crippen molar-refractivity contribution >= 4 is 5.78 Å². The summed E-state index contributed by atoms with van der Waals surface area (Å²) in [7, 11) is 0. The van der Waals surface area contributed by atoms with Crippen LogP contribution in [0.4, 0.5) is 0 Å². The van der Waals surface area contributed by atoms with Gasteiger partial charge in [-0.3, -0.25) is 4.79 Å². The molecule has 0 bridgehead atoms. The van der Waals surface area contributed by atoms with Gasteiger partial charge in [0.25, 0.3) is 0 Å². The number of aliphatic hydroxyl groups is 3. The van der Waals surface area contributed by atoms with E-state index in [0.717, 1.165) is 44.9 Å². The molecule has 198 valence electrons. The first kappa shape index (κ1) is 24.8. The van der Waals surface area contributed by atoms with E-state index in [4.69, 9.17) is 4.74 Å². The van der Waals surface area contributed by atoms with Crippen molar-refractivity contribution in [1.29, 1.82) is 0 Å². The molecule has 1 aliphatic heterocycles. The fourth-order valence-electron chi connectivity index (χ4n) is 11.8. The van der Waals surface area contributed by atoms with Gasteiger partial charge in [0.1, 0.15) is 5.78 Å². The van der Waals surface area contributed by atoms with E-state index >= 15 is 0 Å². The average Bonchev–Trinajstić information content (AvgIpc) is 3.09. The Morgan fingerprint density at radius 2 is 1.57 bits per heavy atom. The fourth-order valence-corrected chi connectivity index (χ4v) is 11.8. The van der Waals surface area contributed by atoms with Gasteiger partial charge in [-0.2, -0.15) is 0 Å². The molecule has 35 heavy (non-hydrogen) atoms. The summed E-state index contributed by atoms with van der Waals surface area (Å²) in [6.45, 7) is 14.7. The molecule has 6 fully saturated rings. The Bertz CT molecular complexity index is 953. The van der Waals surface area contributed by atoms with E-state index in [0.29, 0.717) is 30.5 Å². The highest BCUT2D eigenvalue weighted by molar-refractivity contribution is 5.89. The van der Waals surface area contributed by atoms with Gasteiger partial charge in [0.2, 0.25) is 0 Å². The molecule has 0 aromatic rings. The molecule has 0 radical (unpaired) electrons. The van der Waals surface area contributed by atoms with Crippen LogP contribution < -0.4 is 0 Å². The van der Waals surface area contributed by atoms with Crippen molar-refractivity contribution in [3.63, 3.8) is 0 Å². The molecule has 2 spiro atoms. The van der Waals surface area contributed by atoms with Gasteiger partial charge in [0.15, 0.2) is 0 Å². The predicted octanol–water partition coefficient (Wildman–Crippen LogP) is 4.64. The Labute approximate surface area is 211 Å². The topological polar surface area (TPSA) is 87.0 Å². The molecule has 11 unspecified atom stereocenters. The van der Waals surface area contributed by atoms with Crippen molar-refractivity contribution < 1.29 is 24.9 Å². The zero-order chi connectivity index (χ0) is 25.6. The zero-order valence-electron chi connectivity index (χ0n) is 23.0. The molecule has 0 aromatic carbocycles. The SMILES string of the molecule is CC(C)(O)C1CCC(C)(C2C(O)CC3(C)C4CCC5C(C)(C)C(O)CCC56CC46CC(=O)C23C)O1. The van der Waals surface area contributed by atoms with Crippen LogP contribution in [-0.2, 0) is 9.53 Å². The quantitative estimate of drug-likeness (QED) is 0.527. The normalized spacial score (nSPS) is 58.9. The van der Waals surface area contributed by atoms with Crippen LogP contribution in [0.25, 0.3) is 0 Å². The van der Waals surface area contributed by atoms with Gasteiger partial charge in [-0.1, -0.05) is 27.7 Å². The van der Waals surface area contributed by atoms with Crippen LogP contribution in [0.1, 0.15) is 106 Å². The van der Waals surface area contributed by atoms with Crippen LogP contribution >= 0.6 is 0 Å². The lowest BCUT2D eigenvalue weighted by Crippen LogP contribution is -2.62. The lowest BCUT2D eigenvalue weighted by molar-refractivity contribution is -0.197. The van der Waals surface area contributed by atoms with E-state index in [9.17, 15) is 20.1 Å². The lowest BCUT2D eigenvalue weighted by atomic mass is 9.41. The van der Waals surface area contributed by atoms with Gasteiger partial charge in [0, 0.05) is 17.8 Å². The molecule has 5 heteroatoms. The average molecular weight is 489 g/mol. The Balaban J connectivity index is 1.39. The van der Waals surface area contributed by atoms with Crippen LogP contribution in [0.3, 0.4) is 0 Å². The second-order valence-electron chi connectivity index (χ2n) is 15.6. The highest BCUT2D eigenvalue weighted by atomic mass is 16.5. The molecular formula is C30H48O5. The minimum atomic E-state index is -0.941. The molecule has 0 amide bonds. The number of ketones is 1. The number of carbonyl (C=O) groups is 1. The van der Waals surface area contributed by atoms with Crippen LogP contribution in [0.5, 0.6) is 0 Å². The summed E-state index contributed by atoms with van der Waals surface area (Å²) < 4.78 is 6.58. The van der Waals surface area contributed by atoms with E-state index in [1.807, 2.05) is 0 Å². The van der Waals surface area contributed by atoms with E-state index in [2.05, 4.69) is 34.6 Å². The van der Waals surface area contributed by atoms with Gasteiger partial charge in [-0.15, -0.1) is 0 Å². The minimum absolute atomic E-state index is 0.0420. The minimum Gasteiger partial charge on any atom is -0.393 e. The molecule has 5 nitrogen and oxygen atoms in total. The van der Waals surface area contributed by atoms with Crippen molar-refractivity contribution in [3.8, 4) is 0 Å². The summed E-state index contributed by atoms with van der Waals surface area (Å²) in [5, 5.41) is 33.2. The summed E-state index contributed by atoms with van der Waals surface area (Å²) in [6.07, 6.45) is 6.89. The highest BCUT2D eigenvalue weighted by Crippen LogP contribution is 2.88. The molecule has 11 atom stereocenters. The largest absolute Gasteiger partial charge is 0.393 e. The van der Waals surface area contributed by atoms with Crippen LogP contribution in [0.2, 0.25) is 0 Å². The standard InChI is InChI=1S/C30H48O5/c1-24(2)18-8-9-19-26(5)14-17(31)23(27(6)12-11-22(35-27)25(3,4)34)28(26,7)21(33)15-30(19)16-29(18,30)13-10-20(24)32/h17-20,22-23,31-32,34H,8-16H2,1-7H3. The van der Waals surface area contributed by atoms with Crippen molar-refractivity contribution in [3.05, 3.63) is 0 Å². The Kier molecular flexibility index (Phi) is 4.78. The van der Waals surface area contributed by atoms with Gasteiger partial charge in [0.05, 0.1) is 29.5 Å². The molecule has 1 heterocycles. The van der Waals surface area contributed by atoms with Gasteiger partial charge in [-0.05, 0) is 106 Å². The maximum Gasteiger partial charge on any atom is 0.140 e. The third kappa shape index (κ3) is 2.68. The number of hydrogen-bond acceptors (Lipinski definition) is 5. The van der Waals surface area contributed by atoms with Crippen molar-refractivity contribution in [1.82, 2.24) is 0 Å². The summed E-state index contributed by atoms with van der Waals surface area (Å²) in [4.78, 5) is 14.5. The van der Waals surface area contributed by atoms with E-state index in [1.54, 1.807) is 13.8 Å². The molecular weight excluding hydrogens is 440 g/mol. The van der Waals surface area contributed by atoms with Gasteiger partial charge in [-0.25, -0.2) is 0 Å². The third-order valence-corrected chi connectivity index (χ3v) is 13.6. The second kappa shape index (κ2) is 6.74. The lowest BCUT2D eigenvalue weighted by Gasteiger charge is -2.62. The van der Waals surface area contributed by atoms with E-state index in [-0.39, 0.29) is 39.8 Å².